The highest BCUT2D eigenvalue weighted by Crippen LogP contribution is 2.35. The van der Waals surface area contributed by atoms with E-state index >= 15 is 0 Å². The van der Waals surface area contributed by atoms with Crippen LogP contribution < -0.4 is 10.2 Å². The predicted molar refractivity (Wildman–Crippen MR) is 114 cm³/mol. The number of ether oxygens (including phenoxy) is 1. The zero-order valence-corrected chi connectivity index (χ0v) is 17.7. The molecule has 2 aliphatic heterocycles. The second-order valence-electron chi connectivity index (χ2n) is 8.08. The first-order valence-corrected chi connectivity index (χ1v) is 10.8. The molecule has 2 N–H and O–H groups in total. The maximum absolute atomic E-state index is 13.7. The van der Waals surface area contributed by atoms with Gasteiger partial charge in [0.15, 0.2) is 12.2 Å². The van der Waals surface area contributed by atoms with E-state index in [1.54, 1.807) is 0 Å². The Kier molecular flexibility index (Phi) is 6.04. The number of benzene rings is 2. The number of quaternary nitrogens is 1. The molecule has 2 aromatic rings. The lowest BCUT2D eigenvalue weighted by molar-refractivity contribution is -0.913. The van der Waals surface area contributed by atoms with Crippen LogP contribution in [0.15, 0.2) is 60.7 Å². The Balaban J connectivity index is 1.54. The van der Waals surface area contributed by atoms with Crippen molar-refractivity contribution in [3.05, 3.63) is 71.8 Å². The molecular weight excluding hydrogens is 394 g/mol. The summed E-state index contributed by atoms with van der Waals surface area (Å²) >= 11 is 0. The van der Waals surface area contributed by atoms with Gasteiger partial charge in [-0.25, -0.2) is 9.69 Å². The molecule has 0 bridgehead atoms. The lowest BCUT2D eigenvalue weighted by atomic mass is 9.83. The van der Waals surface area contributed by atoms with Crippen LogP contribution in [-0.4, -0.2) is 49.2 Å². The van der Waals surface area contributed by atoms with E-state index in [4.69, 9.17) is 4.74 Å². The fourth-order valence-electron chi connectivity index (χ4n) is 4.56. The Bertz CT molecular complexity index is 900. The highest BCUT2D eigenvalue weighted by Gasteiger charge is 2.54. The van der Waals surface area contributed by atoms with Gasteiger partial charge in [0.1, 0.15) is 0 Å². The van der Waals surface area contributed by atoms with Crippen LogP contribution in [0, 0.1) is 5.92 Å². The summed E-state index contributed by atoms with van der Waals surface area (Å²) in [7, 11) is 0. The van der Waals surface area contributed by atoms with Gasteiger partial charge < -0.3 is 15.0 Å². The quantitative estimate of drug-likeness (QED) is 0.543. The number of hydrogen-bond acceptors (Lipinski definition) is 4. The van der Waals surface area contributed by atoms with Gasteiger partial charge in [-0.2, -0.15) is 0 Å². The third-order valence-corrected chi connectivity index (χ3v) is 6.21. The molecule has 4 rings (SSSR count). The molecule has 7 nitrogen and oxygen atoms in total. The second kappa shape index (κ2) is 8.89. The summed E-state index contributed by atoms with van der Waals surface area (Å²) in [4.78, 5) is 41.1. The van der Waals surface area contributed by atoms with Crippen LogP contribution in [-0.2, 0) is 19.9 Å². The van der Waals surface area contributed by atoms with Gasteiger partial charge in [0.25, 0.3) is 5.91 Å². The Morgan fingerprint density at radius 3 is 2.10 bits per heavy atom. The highest BCUT2D eigenvalue weighted by molar-refractivity contribution is 6.09. The zero-order chi connectivity index (χ0) is 21.8. The van der Waals surface area contributed by atoms with E-state index in [0.29, 0.717) is 32.5 Å². The SMILES string of the molecule is CCOC(=O)C1CC[NH+](CN2C(=O)NC(c3ccccc3)(c3ccccc3)C2=O)CC1. The minimum Gasteiger partial charge on any atom is -0.466 e. The van der Waals surface area contributed by atoms with Crippen molar-refractivity contribution in [2.45, 2.75) is 25.3 Å². The van der Waals surface area contributed by atoms with E-state index in [1.807, 2.05) is 67.6 Å². The maximum Gasteiger partial charge on any atom is 0.330 e. The maximum atomic E-state index is 13.7. The van der Waals surface area contributed by atoms with Crippen molar-refractivity contribution in [3.63, 3.8) is 0 Å². The van der Waals surface area contributed by atoms with E-state index in [-0.39, 0.29) is 24.5 Å². The Morgan fingerprint density at radius 1 is 1.03 bits per heavy atom. The normalized spacial score (nSPS) is 22.8. The average Bonchev–Trinajstić information content (AvgIpc) is 3.06. The number of nitrogens with one attached hydrogen (secondary N) is 2. The number of piperidine rings is 1. The third-order valence-electron chi connectivity index (χ3n) is 6.21. The van der Waals surface area contributed by atoms with Crippen LogP contribution in [0.5, 0.6) is 0 Å². The van der Waals surface area contributed by atoms with E-state index in [9.17, 15) is 14.4 Å². The lowest BCUT2D eigenvalue weighted by Gasteiger charge is -2.31. The van der Waals surface area contributed by atoms with Gasteiger partial charge in [-0.1, -0.05) is 60.7 Å². The molecule has 2 aliphatic rings. The topological polar surface area (TPSA) is 80.2 Å². The van der Waals surface area contributed by atoms with E-state index in [1.165, 1.54) is 4.90 Å². The summed E-state index contributed by atoms with van der Waals surface area (Å²) in [6.07, 6.45) is 1.39. The highest BCUT2D eigenvalue weighted by atomic mass is 16.5. The van der Waals surface area contributed by atoms with Crippen molar-refractivity contribution >= 4 is 17.9 Å². The number of imide groups is 1. The zero-order valence-electron chi connectivity index (χ0n) is 17.7. The second-order valence-corrected chi connectivity index (χ2v) is 8.08. The Labute approximate surface area is 182 Å². The number of urea groups is 1. The van der Waals surface area contributed by atoms with Gasteiger partial charge in [0, 0.05) is 12.8 Å². The summed E-state index contributed by atoms with van der Waals surface area (Å²) in [5.41, 5.74) is 0.235. The van der Waals surface area contributed by atoms with Crippen LogP contribution in [0.1, 0.15) is 30.9 Å². The molecule has 2 aromatic carbocycles. The molecule has 7 heteroatoms. The first-order valence-electron chi connectivity index (χ1n) is 10.8. The fourth-order valence-corrected chi connectivity index (χ4v) is 4.56. The van der Waals surface area contributed by atoms with Crippen LogP contribution in [0.2, 0.25) is 0 Å². The molecule has 0 aromatic heterocycles. The Morgan fingerprint density at radius 2 is 1.58 bits per heavy atom. The van der Waals surface area contributed by atoms with Gasteiger partial charge in [0.05, 0.1) is 25.6 Å². The molecular formula is C24H28N3O4+. The predicted octanol–water partition coefficient (Wildman–Crippen LogP) is 1.30. The molecule has 0 unspecified atom stereocenters. The minimum atomic E-state index is -1.23. The number of hydrogen-bond donors (Lipinski definition) is 2. The minimum absolute atomic E-state index is 0.0977. The first-order chi connectivity index (χ1) is 15.1. The fraction of sp³-hybridized carbons (Fsp3) is 0.375. The molecule has 3 amide bonds. The van der Waals surface area contributed by atoms with Gasteiger partial charge in [0.2, 0.25) is 0 Å². The number of carbonyl (C=O) groups is 3. The number of carbonyl (C=O) groups excluding carboxylic acids is 3. The molecule has 0 spiro atoms. The van der Waals surface area contributed by atoms with Gasteiger partial charge in [-0.05, 0) is 18.1 Å². The van der Waals surface area contributed by atoms with Gasteiger partial charge in [-0.15, -0.1) is 0 Å². The average molecular weight is 423 g/mol. The summed E-state index contributed by atoms with van der Waals surface area (Å²) in [5, 5.41) is 2.98. The largest absolute Gasteiger partial charge is 0.466 e. The van der Waals surface area contributed by atoms with Gasteiger partial charge >= 0.3 is 12.0 Å². The third kappa shape index (κ3) is 3.93. The number of esters is 1. The summed E-state index contributed by atoms with van der Waals surface area (Å²) in [6.45, 7) is 3.90. The van der Waals surface area contributed by atoms with Crippen molar-refractivity contribution in [1.29, 1.82) is 0 Å². The lowest BCUT2D eigenvalue weighted by Crippen LogP contribution is -3.14. The molecule has 0 atom stereocenters. The van der Waals surface area contributed by atoms with E-state index < -0.39 is 11.6 Å². The number of amides is 3. The molecule has 0 saturated carbocycles. The molecule has 0 radical (unpaired) electrons. The van der Waals surface area contributed by atoms with Crippen LogP contribution in [0.3, 0.4) is 0 Å². The molecule has 2 heterocycles. The summed E-state index contributed by atoms with van der Waals surface area (Å²) in [5.74, 6) is -0.516. The number of rotatable bonds is 6. The van der Waals surface area contributed by atoms with Crippen LogP contribution in [0.25, 0.3) is 0 Å². The Hall–Kier alpha value is -3.19. The smallest absolute Gasteiger partial charge is 0.330 e. The van der Waals surface area contributed by atoms with Crippen molar-refractivity contribution in [2.24, 2.45) is 5.92 Å². The first kappa shape index (κ1) is 21.1. The van der Waals surface area contributed by atoms with Gasteiger partial charge in [-0.3, -0.25) is 9.59 Å². The van der Waals surface area contributed by atoms with Crippen molar-refractivity contribution < 1.29 is 24.0 Å². The molecule has 162 valence electrons. The van der Waals surface area contributed by atoms with Crippen LogP contribution in [0.4, 0.5) is 4.79 Å². The summed E-state index contributed by atoms with van der Waals surface area (Å²) < 4.78 is 5.13. The van der Waals surface area contributed by atoms with Crippen molar-refractivity contribution in [2.75, 3.05) is 26.4 Å². The molecule has 2 saturated heterocycles. The molecule has 31 heavy (non-hydrogen) atoms. The number of nitrogens with zero attached hydrogens (tertiary/aromatic N) is 1. The van der Waals surface area contributed by atoms with E-state index in [0.717, 1.165) is 16.0 Å². The van der Waals surface area contributed by atoms with E-state index in [2.05, 4.69) is 5.32 Å². The molecule has 2 fully saturated rings. The monoisotopic (exact) mass is 422 g/mol. The van der Waals surface area contributed by atoms with Crippen molar-refractivity contribution in [3.8, 4) is 0 Å². The van der Waals surface area contributed by atoms with Crippen LogP contribution >= 0.6 is 0 Å². The number of likely N-dealkylation sites (tertiary alicyclic amines) is 1. The standard InChI is InChI=1S/C24H27N3O4/c1-2-31-21(28)18-13-15-26(16-14-18)17-27-22(29)24(25-23(27)30,19-9-5-3-6-10-19)20-11-7-4-8-12-20/h3-12,18H,2,13-17H2,1H3,(H,25,30)/p+1. The molecule has 0 aliphatic carbocycles. The summed E-state index contributed by atoms with van der Waals surface area (Å²) in [6, 6.07) is 18.3. The van der Waals surface area contributed by atoms with Crippen molar-refractivity contribution in [1.82, 2.24) is 10.2 Å².